The lowest BCUT2D eigenvalue weighted by Crippen LogP contribution is -2.67. The predicted octanol–water partition coefficient (Wildman–Crippen LogP) is 5.39. The predicted molar refractivity (Wildman–Crippen MR) is 87.6 cm³/mol. The Kier molecular flexibility index (Phi) is 5.55. The molecular weight excluding hydrogens is 393 g/mol. The van der Waals surface area contributed by atoms with Crippen molar-refractivity contribution in [1.29, 1.82) is 0 Å². The van der Waals surface area contributed by atoms with Crippen LogP contribution in [0, 0.1) is 11.3 Å². The van der Waals surface area contributed by atoms with Crippen LogP contribution in [0.2, 0.25) is 0 Å². The second kappa shape index (κ2) is 7.02. The summed E-state index contributed by atoms with van der Waals surface area (Å²) in [5, 5.41) is 9.82. The molecule has 1 aliphatic rings. The largest absolute Gasteiger partial charge is 0.427 e. The van der Waals surface area contributed by atoms with Gasteiger partial charge in [0, 0.05) is 12.0 Å². The number of carbonyl (C=O) groups excluding carboxylic acids is 1. The number of alkyl halides is 6. The molecule has 1 aromatic carbocycles. The molecule has 0 fully saturated rings. The summed E-state index contributed by atoms with van der Waals surface area (Å²) in [6, 6.07) is 7.54. The second-order valence-electron chi connectivity index (χ2n) is 6.94. The van der Waals surface area contributed by atoms with Crippen LogP contribution in [0.15, 0.2) is 47.8 Å². The highest BCUT2D eigenvalue weighted by atomic mass is 19.4. The quantitative estimate of drug-likeness (QED) is 0.534. The standard InChI is InChI=1S/C19H17F7O2/c1-11(2)13-8-16(10-27,17(28,18(21,22)23)19(24,25)26)9-14(20)15(13)12-6-4-3-5-7-12/h3-8,10-11,28H,9H2,1-2H3. The molecule has 0 heterocycles. The lowest BCUT2D eigenvalue weighted by atomic mass is 9.63. The second-order valence-corrected chi connectivity index (χ2v) is 6.94. The van der Waals surface area contributed by atoms with Crippen LogP contribution in [0.4, 0.5) is 30.7 Å². The van der Waals surface area contributed by atoms with Crippen LogP contribution in [0.3, 0.4) is 0 Å². The van der Waals surface area contributed by atoms with Crippen molar-refractivity contribution in [1.82, 2.24) is 0 Å². The number of hydrogen-bond donors (Lipinski definition) is 1. The Bertz CT molecular complexity index is 790. The highest BCUT2D eigenvalue weighted by Crippen LogP contribution is 2.58. The molecule has 0 saturated heterocycles. The first-order valence-electron chi connectivity index (χ1n) is 8.21. The van der Waals surface area contributed by atoms with E-state index in [2.05, 4.69) is 0 Å². The molecule has 1 aromatic rings. The summed E-state index contributed by atoms with van der Waals surface area (Å²) < 4.78 is 95.3. The summed E-state index contributed by atoms with van der Waals surface area (Å²) in [6.45, 7) is 2.87. The van der Waals surface area contributed by atoms with E-state index in [0.29, 0.717) is 6.08 Å². The maximum absolute atomic E-state index is 15.0. The van der Waals surface area contributed by atoms with Gasteiger partial charge >= 0.3 is 12.4 Å². The van der Waals surface area contributed by atoms with Crippen molar-refractivity contribution < 1.29 is 40.6 Å². The normalized spacial score (nSPS) is 21.8. The topological polar surface area (TPSA) is 37.3 Å². The summed E-state index contributed by atoms with van der Waals surface area (Å²) in [7, 11) is 0. The number of benzene rings is 1. The minimum Gasteiger partial charge on any atom is -0.373 e. The summed E-state index contributed by atoms with van der Waals surface area (Å²) in [5.41, 5.74) is -9.21. The van der Waals surface area contributed by atoms with E-state index in [1.807, 2.05) is 0 Å². The number of aliphatic hydroxyl groups is 1. The summed E-state index contributed by atoms with van der Waals surface area (Å²) in [6.07, 6.45) is -14.4. The molecule has 0 bridgehead atoms. The zero-order chi connectivity index (χ0) is 21.5. The highest BCUT2D eigenvalue weighted by molar-refractivity contribution is 5.85. The van der Waals surface area contributed by atoms with E-state index < -0.39 is 47.8 Å². The average molecular weight is 410 g/mol. The van der Waals surface area contributed by atoms with Gasteiger partial charge in [-0.1, -0.05) is 50.3 Å². The number of carbonyl (C=O) groups is 1. The van der Waals surface area contributed by atoms with Crippen LogP contribution in [0.1, 0.15) is 25.8 Å². The molecule has 1 N–H and O–H groups in total. The van der Waals surface area contributed by atoms with Crippen LogP contribution >= 0.6 is 0 Å². The van der Waals surface area contributed by atoms with E-state index in [1.165, 1.54) is 38.1 Å². The van der Waals surface area contributed by atoms with Gasteiger partial charge in [-0.2, -0.15) is 26.3 Å². The zero-order valence-electron chi connectivity index (χ0n) is 14.8. The maximum atomic E-state index is 15.0. The first-order valence-corrected chi connectivity index (χ1v) is 8.21. The molecule has 0 radical (unpaired) electrons. The third-order valence-corrected chi connectivity index (χ3v) is 4.81. The van der Waals surface area contributed by atoms with E-state index >= 15 is 0 Å². The van der Waals surface area contributed by atoms with E-state index in [1.54, 1.807) is 6.07 Å². The van der Waals surface area contributed by atoms with Crippen LogP contribution in [0.5, 0.6) is 0 Å². The molecule has 1 aliphatic carbocycles. The molecule has 0 aromatic heterocycles. The Morgan fingerprint density at radius 3 is 1.93 bits per heavy atom. The first-order chi connectivity index (χ1) is 12.7. The number of halogens is 7. The third-order valence-electron chi connectivity index (χ3n) is 4.81. The van der Waals surface area contributed by atoms with Crippen LogP contribution in [-0.2, 0) is 4.79 Å². The summed E-state index contributed by atoms with van der Waals surface area (Å²) in [4.78, 5) is 11.6. The van der Waals surface area contributed by atoms with Crippen LogP contribution in [0.25, 0.3) is 5.57 Å². The molecule has 0 saturated carbocycles. The lowest BCUT2D eigenvalue weighted by molar-refractivity contribution is -0.390. The van der Waals surface area contributed by atoms with Crippen molar-refractivity contribution in [3.8, 4) is 0 Å². The van der Waals surface area contributed by atoms with Gasteiger partial charge in [-0.15, -0.1) is 0 Å². The molecule has 0 aliphatic heterocycles. The Hall–Kier alpha value is -2.16. The molecule has 1 atom stereocenters. The Balaban J connectivity index is 2.82. The van der Waals surface area contributed by atoms with Gasteiger partial charge in [0.15, 0.2) is 0 Å². The van der Waals surface area contributed by atoms with Crippen molar-refractivity contribution >= 4 is 11.9 Å². The fourth-order valence-electron chi connectivity index (χ4n) is 3.37. The third kappa shape index (κ3) is 3.25. The Labute approximate surface area is 156 Å². The average Bonchev–Trinajstić information content (AvgIpc) is 2.58. The van der Waals surface area contributed by atoms with E-state index in [9.17, 15) is 40.6 Å². The van der Waals surface area contributed by atoms with E-state index in [0.717, 1.165) is 0 Å². The van der Waals surface area contributed by atoms with Crippen molar-refractivity contribution in [3.63, 3.8) is 0 Å². The summed E-state index contributed by atoms with van der Waals surface area (Å²) in [5.74, 6) is -2.07. The van der Waals surface area contributed by atoms with Crippen LogP contribution in [-0.4, -0.2) is 29.3 Å². The smallest absolute Gasteiger partial charge is 0.373 e. The fourth-order valence-corrected chi connectivity index (χ4v) is 3.37. The van der Waals surface area contributed by atoms with Crippen molar-refractivity contribution in [2.24, 2.45) is 11.3 Å². The van der Waals surface area contributed by atoms with Gasteiger partial charge in [0.2, 0.25) is 0 Å². The minimum atomic E-state index is -6.27. The van der Waals surface area contributed by atoms with Crippen molar-refractivity contribution in [3.05, 3.63) is 53.4 Å². The minimum absolute atomic E-state index is 0.181. The molecule has 9 heteroatoms. The van der Waals surface area contributed by atoms with Gasteiger partial charge < -0.3 is 9.90 Å². The molecule has 0 spiro atoms. The monoisotopic (exact) mass is 410 g/mol. The molecule has 28 heavy (non-hydrogen) atoms. The van der Waals surface area contributed by atoms with Gasteiger partial charge in [0.1, 0.15) is 12.1 Å². The highest BCUT2D eigenvalue weighted by Gasteiger charge is 2.79. The number of aldehydes is 1. The molecule has 1 unspecified atom stereocenters. The van der Waals surface area contributed by atoms with Gasteiger partial charge in [-0.05, 0) is 17.1 Å². The number of hydrogen-bond acceptors (Lipinski definition) is 2. The zero-order valence-corrected chi connectivity index (χ0v) is 14.8. The summed E-state index contributed by atoms with van der Waals surface area (Å²) >= 11 is 0. The fraction of sp³-hybridized carbons (Fsp3) is 0.421. The lowest BCUT2D eigenvalue weighted by Gasteiger charge is -2.45. The number of allylic oxidation sites excluding steroid dienone is 3. The maximum Gasteiger partial charge on any atom is 0.427 e. The first kappa shape index (κ1) is 22.1. The number of rotatable bonds is 4. The van der Waals surface area contributed by atoms with Gasteiger partial charge in [0.05, 0.1) is 5.41 Å². The van der Waals surface area contributed by atoms with Gasteiger partial charge in [-0.3, -0.25) is 0 Å². The van der Waals surface area contributed by atoms with Crippen molar-refractivity contribution in [2.45, 2.75) is 38.2 Å². The molecule has 0 amide bonds. The molecular formula is C19H17F7O2. The molecule has 154 valence electrons. The Morgan fingerprint density at radius 1 is 1.04 bits per heavy atom. The van der Waals surface area contributed by atoms with E-state index in [-0.39, 0.29) is 16.7 Å². The van der Waals surface area contributed by atoms with E-state index in [4.69, 9.17) is 0 Å². The van der Waals surface area contributed by atoms with Gasteiger partial charge in [-0.25, -0.2) is 4.39 Å². The Morgan fingerprint density at radius 2 is 1.54 bits per heavy atom. The molecule has 2 rings (SSSR count). The van der Waals surface area contributed by atoms with Crippen LogP contribution < -0.4 is 0 Å². The van der Waals surface area contributed by atoms with Crippen molar-refractivity contribution in [2.75, 3.05) is 0 Å². The SMILES string of the molecule is CC(C)C1=CC(C=O)(C(O)(C(F)(F)F)C(F)(F)F)CC(F)=C1c1ccccc1. The molecule has 2 nitrogen and oxygen atoms in total. The van der Waals surface area contributed by atoms with Gasteiger partial charge in [0.25, 0.3) is 5.60 Å².